The van der Waals surface area contributed by atoms with Crippen LogP contribution in [-0.4, -0.2) is 29.8 Å². The molecule has 0 fully saturated rings. The third-order valence-corrected chi connectivity index (χ3v) is 5.12. The van der Waals surface area contributed by atoms with Crippen molar-refractivity contribution in [2.75, 3.05) is 11.9 Å². The summed E-state index contributed by atoms with van der Waals surface area (Å²) < 4.78 is 0. The fraction of sp³-hybridized carbons (Fsp3) is 0.273. The van der Waals surface area contributed by atoms with E-state index in [1.54, 1.807) is 24.4 Å². The fourth-order valence-corrected chi connectivity index (χ4v) is 3.34. The number of carbonyl (C=O) groups excluding carboxylic acids is 1. The van der Waals surface area contributed by atoms with Crippen molar-refractivity contribution >= 4 is 23.4 Å². The highest BCUT2D eigenvalue weighted by Gasteiger charge is 2.28. The Bertz CT molecular complexity index is 958. The average Bonchev–Trinajstić information content (AvgIpc) is 2.60. The summed E-state index contributed by atoms with van der Waals surface area (Å²) in [6.45, 7) is 8.53. The number of anilines is 1. The lowest BCUT2D eigenvalue weighted by Crippen LogP contribution is -2.42. The van der Waals surface area contributed by atoms with Crippen molar-refractivity contribution in [3.05, 3.63) is 64.7 Å². The van der Waals surface area contributed by atoms with E-state index in [1.165, 1.54) is 17.3 Å². The molecule has 0 radical (unpaired) electrons. The van der Waals surface area contributed by atoms with Crippen molar-refractivity contribution in [2.24, 2.45) is 5.10 Å². The predicted octanol–water partition coefficient (Wildman–Crippen LogP) is 4.10. The highest BCUT2D eigenvalue weighted by molar-refractivity contribution is 5.97. The van der Waals surface area contributed by atoms with Crippen molar-refractivity contribution in [1.29, 1.82) is 0 Å². The number of hydrazone groups is 1. The Morgan fingerprint density at radius 3 is 2.63 bits per heavy atom. The topological polar surface area (TPSA) is 64.9 Å². The molecule has 0 spiro atoms. The van der Waals surface area contributed by atoms with Crippen LogP contribution in [0.1, 0.15) is 47.8 Å². The van der Waals surface area contributed by atoms with Gasteiger partial charge in [-0.05, 0) is 68.7 Å². The third-order valence-electron chi connectivity index (χ3n) is 5.12. The van der Waals surface area contributed by atoms with E-state index in [9.17, 15) is 9.90 Å². The first-order valence-corrected chi connectivity index (χ1v) is 8.90. The number of fused-ring (bicyclic) bond motifs is 1. The van der Waals surface area contributed by atoms with Crippen molar-refractivity contribution in [3.8, 4) is 5.75 Å². The van der Waals surface area contributed by atoms with E-state index in [1.807, 2.05) is 6.92 Å². The van der Waals surface area contributed by atoms with E-state index in [4.69, 9.17) is 0 Å². The van der Waals surface area contributed by atoms with Gasteiger partial charge in [-0.15, -0.1) is 0 Å². The molecule has 27 heavy (non-hydrogen) atoms. The van der Waals surface area contributed by atoms with Crippen LogP contribution in [0, 0.1) is 6.92 Å². The highest BCUT2D eigenvalue weighted by atomic mass is 16.3. The number of phenolic OH excluding ortho intramolecular Hbond substituents is 1. The summed E-state index contributed by atoms with van der Waals surface area (Å²) in [4.78, 5) is 14.4. The number of aryl methyl sites for hydroxylation is 1. The molecular formula is C22H25N3O2. The number of carbonyl (C=O) groups is 1. The number of rotatable bonds is 3. The molecule has 5 heteroatoms. The second-order valence-corrected chi connectivity index (χ2v) is 7.48. The Kier molecular flexibility index (Phi) is 4.79. The predicted molar refractivity (Wildman–Crippen MR) is 110 cm³/mol. The van der Waals surface area contributed by atoms with Gasteiger partial charge in [0.05, 0.1) is 17.3 Å². The van der Waals surface area contributed by atoms with E-state index < -0.39 is 5.91 Å². The molecule has 0 saturated heterocycles. The van der Waals surface area contributed by atoms with Crippen LogP contribution in [0.25, 0.3) is 5.57 Å². The lowest BCUT2D eigenvalue weighted by atomic mass is 9.87. The Hall–Kier alpha value is -3.08. The zero-order valence-electron chi connectivity index (χ0n) is 16.4. The fourth-order valence-electron chi connectivity index (χ4n) is 3.34. The monoisotopic (exact) mass is 363 g/mol. The summed E-state index contributed by atoms with van der Waals surface area (Å²) in [5.41, 5.74) is 8.22. The van der Waals surface area contributed by atoms with Gasteiger partial charge in [0.15, 0.2) is 0 Å². The van der Waals surface area contributed by atoms with E-state index in [2.05, 4.69) is 61.5 Å². The quantitative estimate of drug-likeness (QED) is 0.637. The number of amides is 1. The van der Waals surface area contributed by atoms with Crippen LogP contribution in [0.2, 0.25) is 0 Å². The number of hydrogen-bond donors (Lipinski definition) is 2. The summed E-state index contributed by atoms with van der Waals surface area (Å²) >= 11 is 0. The molecule has 2 aromatic carbocycles. The Morgan fingerprint density at radius 1 is 1.22 bits per heavy atom. The molecule has 140 valence electrons. The van der Waals surface area contributed by atoms with E-state index >= 15 is 0 Å². The normalized spacial score (nSPS) is 15.4. The van der Waals surface area contributed by atoms with Gasteiger partial charge in [-0.2, -0.15) is 5.10 Å². The smallest absolute Gasteiger partial charge is 0.275 e. The first-order chi connectivity index (χ1) is 12.7. The zero-order chi connectivity index (χ0) is 19.8. The van der Waals surface area contributed by atoms with Crippen LogP contribution in [0.3, 0.4) is 0 Å². The standard InChI is InChI=1S/C22H25N3O2/c1-14-10-19-18(15(2)12-22(3,4)25(19)5)11-16(14)13-23-24-21(27)17-8-6-7-9-20(17)26/h6-13,26H,1-5H3,(H,24,27)/b23-13+. The van der Waals surface area contributed by atoms with E-state index in [-0.39, 0.29) is 16.9 Å². The second-order valence-electron chi connectivity index (χ2n) is 7.48. The number of para-hydroxylation sites is 1. The van der Waals surface area contributed by atoms with Gasteiger partial charge in [-0.25, -0.2) is 5.43 Å². The number of nitrogens with zero attached hydrogens (tertiary/aromatic N) is 2. The minimum atomic E-state index is -0.447. The van der Waals surface area contributed by atoms with Crippen LogP contribution in [0.4, 0.5) is 5.69 Å². The molecule has 1 heterocycles. The van der Waals surface area contributed by atoms with Gasteiger partial charge >= 0.3 is 0 Å². The van der Waals surface area contributed by atoms with E-state index in [0.29, 0.717) is 0 Å². The molecule has 1 amide bonds. The SMILES string of the molecule is CC1=CC(C)(C)N(C)c2cc(C)c(/C=N/NC(=O)c3ccccc3O)cc21. The summed E-state index contributed by atoms with van der Waals surface area (Å²) in [5.74, 6) is -0.515. The molecule has 1 aliphatic heterocycles. The van der Waals surface area contributed by atoms with Crippen molar-refractivity contribution < 1.29 is 9.90 Å². The molecule has 2 aromatic rings. The van der Waals surface area contributed by atoms with Gasteiger partial charge in [0.2, 0.25) is 0 Å². The molecule has 0 aliphatic carbocycles. The number of nitrogens with one attached hydrogen (secondary N) is 1. The zero-order valence-corrected chi connectivity index (χ0v) is 16.4. The number of likely N-dealkylation sites (N-methyl/N-ethyl adjacent to an activating group) is 1. The minimum absolute atomic E-state index is 0.0369. The Labute approximate surface area is 160 Å². The van der Waals surface area contributed by atoms with Gasteiger partial charge in [0.1, 0.15) is 5.75 Å². The second kappa shape index (κ2) is 6.91. The lowest BCUT2D eigenvalue weighted by molar-refractivity contribution is 0.0952. The number of aromatic hydroxyl groups is 1. The Balaban J connectivity index is 1.85. The van der Waals surface area contributed by atoms with Gasteiger partial charge in [0.25, 0.3) is 5.91 Å². The number of benzene rings is 2. The average molecular weight is 363 g/mol. The summed E-state index contributed by atoms with van der Waals surface area (Å²) in [6, 6.07) is 10.6. The number of allylic oxidation sites excluding steroid dienone is 1. The molecule has 0 atom stereocenters. The molecule has 0 aromatic heterocycles. The molecule has 3 rings (SSSR count). The largest absolute Gasteiger partial charge is 0.507 e. The van der Waals surface area contributed by atoms with Crippen LogP contribution in [0.5, 0.6) is 5.75 Å². The van der Waals surface area contributed by atoms with Gasteiger partial charge < -0.3 is 10.0 Å². The van der Waals surface area contributed by atoms with E-state index in [0.717, 1.165) is 16.7 Å². The molecule has 2 N–H and O–H groups in total. The summed E-state index contributed by atoms with van der Waals surface area (Å²) in [5, 5.41) is 13.8. The maximum atomic E-state index is 12.1. The molecule has 0 unspecified atom stereocenters. The van der Waals surface area contributed by atoms with Crippen LogP contribution >= 0.6 is 0 Å². The van der Waals surface area contributed by atoms with Gasteiger partial charge in [-0.1, -0.05) is 18.2 Å². The number of phenols is 1. The molecule has 5 nitrogen and oxygen atoms in total. The van der Waals surface area contributed by atoms with Crippen LogP contribution < -0.4 is 10.3 Å². The van der Waals surface area contributed by atoms with Gasteiger partial charge in [0, 0.05) is 18.3 Å². The molecule has 0 bridgehead atoms. The van der Waals surface area contributed by atoms with Crippen molar-refractivity contribution in [2.45, 2.75) is 33.2 Å². The molecule has 1 aliphatic rings. The maximum Gasteiger partial charge on any atom is 0.275 e. The maximum absolute atomic E-state index is 12.1. The third kappa shape index (κ3) is 3.58. The lowest BCUT2D eigenvalue weighted by Gasteiger charge is -2.41. The van der Waals surface area contributed by atoms with Crippen LogP contribution in [0.15, 0.2) is 47.6 Å². The van der Waals surface area contributed by atoms with Crippen molar-refractivity contribution in [1.82, 2.24) is 5.43 Å². The first kappa shape index (κ1) is 18.7. The van der Waals surface area contributed by atoms with Crippen molar-refractivity contribution in [3.63, 3.8) is 0 Å². The summed E-state index contributed by atoms with van der Waals surface area (Å²) in [6.07, 6.45) is 3.89. The molecule has 0 saturated carbocycles. The number of hydrogen-bond acceptors (Lipinski definition) is 4. The minimum Gasteiger partial charge on any atom is -0.507 e. The molecular weight excluding hydrogens is 338 g/mol. The first-order valence-electron chi connectivity index (χ1n) is 8.90. The summed E-state index contributed by atoms with van der Waals surface area (Å²) in [7, 11) is 2.10. The van der Waals surface area contributed by atoms with Crippen LogP contribution in [-0.2, 0) is 0 Å². The highest BCUT2D eigenvalue weighted by Crippen LogP contribution is 2.38. The Morgan fingerprint density at radius 2 is 1.93 bits per heavy atom. The van der Waals surface area contributed by atoms with Gasteiger partial charge in [-0.3, -0.25) is 4.79 Å².